The smallest absolute Gasteiger partial charge is 0.264 e. The van der Waals surface area contributed by atoms with Gasteiger partial charge in [0.2, 0.25) is 10.0 Å². The van der Waals surface area contributed by atoms with Crippen LogP contribution in [0.25, 0.3) is 17.1 Å². The number of rotatable bonds is 6. The lowest BCUT2D eigenvalue weighted by atomic mass is 10.2. The Morgan fingerprint density at radius 2 is 1.91 bits per heavy atom. The van der Waals surface area contributed by atoms with Gasteiger partial charge in [-0.3, -0.25) is 19.5 Å². The zero-order valence-electron chi connectivity index (χ0n) is 17.7. The average Bonchev–Trinajstić information content (AvgIpc) is 3.08. The van der Waals surface area contributed by atoms with Crippen LogP contribution in [0.2, 0.25) is 5.02 Å². The fourth-order valence-electron chi connectivity index (χ4n) is 3.13. The summed E-state index contributed by atoms with van der Waals surface area (Å²) in [5.41, 5.74) is 2.99. The molecule has 0 spiro atoms. The third kappa shape index (κ3) is 5.89. The standard InChI is InChI=1S/C22H20ClN5O3S2/c1-13(2)12-33(30,31)28-15-4-5-16(23)18(11-15)26-22-27-21(29)20(32-22)10-14-3-6-17-19(9-14)25-8-7-24-17/h3-11,13,28H,12H2,1-2H3,(H,26,27,29). The van der Waals surface area contributed by atoms with E-state index in [1.807, 2.05) is 32.0 Å². The van der Waals surface area contributed by atoms with Crippen molar-refractivity contribution in [2.75, 3.05) is 10.5 Å². The Morgan fingerprint density at radius 1 is 1.15 bits per heavy atom. The van der Waals surface area contributed by atoms with Crippen molar-refractivity contribution >= 4 is 72.9 Å². The number of hydrogen-bond acceptors (Lipinski definition) is 7. The number of anilines is 1. The zero-order valence-corrected chi connectivity index (χ0v) is 20.1. The molecule has 33 heavy (non-hydrogen) atoms. The normalized spacial score (nSPS) is 16.7. The van der Waals surface area contributed by atoms with E-state index in [2.05, 4.69) is 25.0 Å². The van der Waals surface area contributed by atoms with E-state index in [1.54, 1.807) is 30.6 Å². The molecule has 8 nitrogen and oxygen atoms in total. The Labute approximate surface area is 200 Å². The third-order valence-corrected chi connectivity index (χ3v) is 7.32. The van der Waals surface area contributed by atoms with Crippen molar-refractivity contribution in [3.8, 4) is 0 Å². The number of amides is 1. The van der Waals surface area contributed by atoms with Crippen LogP contribution in [0.3, 0.4) is 0 Å². The topological polar surface area (TPSA) is 113 Å². The van der Waals surface area contributed by atoms with Crippen LogP contribution in [0.1, 0.15) is 19.4 Å². The van der Waals surface area contributed by atoms with Gasteiger partial charge in [-0.05, 0) is 59.7 Å². The van der Waals surface area contributed by atoms with Crippen LogP contribution in [0, 0.1) is 5.92 Å². The third-order valence-electron chi connectivity index (χ3n) is 4.44. The fraction of sp³-hybridized carbons (Fsp3) is 0.182. The molecule has 0 saturated carbocycles. The van der Waals surface area contributed by atoms with Crippen LogP contribution in [0.5, 0.6) is 0 Å². The maximum atomic E-state index is 12.5. The summed E-state index contributed by atoms with van der Waals surface area (Å²) in [7, 11) is -3.49. The number of carbonyl (C=O) groups excluding carboxylic acids is 1. The molecule has 1 fully saturated rings. The van der Waals surface area contributed by atoms with Crippen molar-refractivity contribution < 1.29 is 13.2 Å². The van der Waals surface area contributed by atoms with Gasteiger partial charge in [0, 0.05) is 12.4 Å². The van der Waals surface area contributed by atoms with Crippen LogP contribution in [0.4, 0.5) is 11.4 Å². The van der Waals surface area contributed by atoms with Crippen LogP contribution < -0.4 is 10.0 Å². The van der Waals surface area contributed by atoms with Gasteiger partial charge in [0.15, 0.2) is 5.17 Å². The minimum Gasteiger partial charge on any atom is -0.300 e. The van der Waals surface area contributed by atoms with Gasteiger partial charge < -0.3 is 5.32 Å². The maximum Gasteiger partial charge on any atom is 0.264 e. The van der Waals surface area contributed by atoms with Gasteiger partial charge in [-0.25, -0.2) is 13.4 Å². The lowest BCUT2D eigenvalue weighted by Crippen LogP contribution is -2.20. The Balaban J connectivity index is 1.56. The van der Waals surface area contributed by atoms with Gasteiger partial charge in [0.1, 0.15) is 0 Å². The summed E-state index contributed by atoms with van der Waals surface area (Å²) >= 11 is 7.42. The molecule has 1 aromatic heterocycles. The first-order chi connectivity index (χ1) is 15.7. The molecule has 0 bridgehead atoms. The highest BCUT2D eigenvalue weighted by Gasteiger charge is 2.24. The number of aromatic nitrogens is 2. The lowest BCUT2D eigenvalue weighted by molar-refractivity contribution is -0.115. The molecule has 3 aromatic rings. The fourth-order valence-corrected chi connectivity index (χ4v) is 5.57. The van der Waals surface area contributed by atoms with Crippen LogP contribution >= 0.6 is 23.4 Å². The molecule has 4 rings (SSSR count). The van der Waals surface area contributed by atoms with Crippen molar-refractivity contribution in [1.29, 1.82) is 0 Å². The number of halogens is 1. The number of nitrogens with zero attached hydrogens (tertiary/aromatic N) is 3. The largest absolute Gasteiger partial charge is 0.300 e. The summed E-state index contributed by atoms with van der Waals surface area (Å²) < 4.78 is 27.0. The van der Waals surface area contributed by atoms with E-state index >= 15 is 0 Å². The van der Waals surface area contributed by atoms with Gasteiger partial charge in [-0.15, -0.1) is 0 Å². The first-order valence-corrected chi connectivity index (χ1v) is 12.8. The molecule has 0 aliphatic carbocycles. The molecule has 0 atom stereocenters. The number of nitrogens with one attached hydrogen (secondary N) is 2. The summed E-state index contributed by atoms with van der Waals surface area (Å²) in [6.45, 7) is 3.66. The van der Waals surface area contributed by atoms with Crippen LogP contribution in [0.15, 0.2) is 58.7 Å². The van der Waals surface area contributed by atoms with E-state index < -0.39 is 10.0 Å². The molecular weight excluding hydrogens is 482 g/mol. The van der Waals surface area contributed by atoms with Crippen LogP contribution in [-0.4, -0.2) is 35.2 Å². The Hall–Kier alpha value is -2.95. The molecule has 1 aliphatic heterocycles. The van der Waals surface area contributed by atoms with Gasteiger partial charge in [0.25, 0.3) is 5.91 Å². The molecule has 0 unspecified atom stereocenters. The van der Waals surface area contributed by atoms with Gasteiger partial charge in [0.05, 0.1) is 38.1 Å². The number of aliphatic imine (C=N–C) groups is 1. The van der Waals surface area contributed by atoms with E-state index in [0.717, 1.165) is 16.6 Å². The number of amidine groups is 1. The van der Waals surface area contributed by atoms with Gasteiger partial charge in [-0.2, -0.15) is 0 Å². The molecular formula is C22H20ClN5O3S2. The van der Waals surface area contributed by atoms with E-state index in [1.165, 1.54) is 17.8 Å². The SMILES string of the molecule is CC(C)CS(=O)(=O)Nc1ccc(Cl)c(N=C2NC(=O)C(=Cc3ccc4nccnc4c3)S2)c1. The lowest BCUT2D eigenvalue weighted by Gasteiger charge is -2.11. The molecule has 2 heterocycles. The Morgan fingerprint density at radius 3 is 2.67 bits per heavy atom. The average molecular weight is 502 g/mol. The minimum absolute atomic E-state index is 0.000103. The summed E-state index contributed by atoms with van der Waals surface area (Å²) in [6, 6.07) is 10.2. The number of benzene rings is 2. The van der Waals surface area contributed by atoms with E-state index in [9.17, 15) is 13.2 Å². The first kappa shape index (κ1) is 23.2. The number of hydrogen-bond donors (Lipinski definition) is 2. The molecule has 0 radical (unpaired) electrons. The highest BCUT2D eigenvalue weighted by molar-refractivity contribution is 8.18. The molecule has 1 aliphatic rings. The highest BCUT2D eigenvalue weighted by Crippen LogP contribution is 2.33. The molecule has 1 saturated heterocycles. The quantitative estimate of drug-likeness (QED) is 0.478. The number of fused-ring (bicyclic) bond motifs is 1. The van der Waals surface area contributed by atoms with Crippen molar-refractivity contribution in [3.05, 3.63) is 64.3 Å². The predicted molar refractivity (Wildman–Crippen MR) is 134 cm³/mol. The van der Waals surface area contributed by atoms with Gasteiger partial charge in [-0.1, -0.05) is 31.5 Å². The first-order valence-electron chi connectivity index (χ1n) is 9.99. The Bertz CT molecular complexity index is 1400. The van der Waals surface area contributed by atoms with Gasteiger partial charge >= 0.3 is 0 Å². The monoisotopic (exact) mass is 501 g/mol. The van der Waals surface area contributed by atoms with E-state index in [4.69, 9.17) is 11.6 Å². The molecule has 11 heteroatoms. The predicted octanol–water partition coefficient (Wildman–Crippen LogP) is 4.57. The summed E-state index contributed by atoms with van der Waals surface area (Å²) in [4.78, 5) is 25.8. The second-order valence-corrected chi connectivity index (χ2v) is 10.9. The second kappa shape index (κ2) is 9.50. The number of carbonyl (C=O) groups is 1. The summed E-state index contributed by atoms with van der Waals surface area (Å²) in [5.74, 6) is -0.303. The zero-order chi connectivity index (χ0) is 23.6. The molecule has 2 N–H and O–H groups in total. The second-order valence-electron chi connectivity index (χ2n) is 7.73. The molecule has 2 aromatic carbocycles. The highest BCUT2D eigenvalue weighted by atomic mass is 35.5. The number of sulfonamides is 1. The Kier molecular flexibility index (Phi) is 6.68. The van der Waals surface area contributed by atoms with Crippen molar-refractivity contribution in [2.24, 2.45) is 10.9 Å². The summed E-state index contributed by atoms with van der Waals surface area (Å²) in [5, 5.41) is 3.38. The van der Waals surface area contributed by atoms with Crippen LogP contribution in [-0.2, 0) is 14.8 Å². The number of thioether (sulfide) groups is 1. The van der Waals surface area contributed by atoms with E-state index in [-0.39, 0.29) is 17.6 Å². The molecule has 1 amide bonds. The van der Waals surface area contributed by atoms with Crippen molar-refractivity contribution in [2.45, 2.75) is 13.8 Å². The van der Waals surface area contributed by atoms with E-state index in [0.29, 0.717) is 26.5 Å². The molecule has 170 valence electrons. The maximum absolute atomic E-state index is 12.5. The van der Waals surface area contributed by atoms with Crippen molar-refractivity contribution in [1.82, 2.24) is 15.3 Å². The van der Waals surface area contributed by atoms with Crippen molar-refractivity contribution in [3.63, 3.8) is 0 Å². The summed E-state index contributed by atoms with van der Waals surface area (Å²) in [6.07, 6.45) is 4.98. The minimum atomic E-state index is -3.49.